The van der Waals surface area contributed by atoms with Gasteiger partial charge in [-0.1, -0.05) is 20.8 Å². The fraction of sp³-hybridized carbons (Fsp3) is 0.882. The predicted octanol–water partition coefficient (Wildman–Crippen LogP) is 2.90. The van der Waals surface area contributed by atoms with Crippen LogP contribution in [0.5, 0.6) is 0 Å². The molecule has 1 saturated heterocycles. The Kier molecular flexibility index (Phi) is 6.21. The van der Waals surface area contributed by atoms with Gasteiger partial charge in [0.25, 0.3) is 0 Å². The first kappa shape index (κ1) is 20.3. The van der Waals surface area contributed by atoms with E-state index < -0.39 is 20.0 Å². The molecule has 0 saturated carbocycles. The number of rotatable bonds is 5. The summed E-state index contributed by atoms with van der Waals surface area (Å²) >= 11 is 0. The van der Waals surface area contributed by atoms with Gasteiger partial charge >= 0.3 is 5.97 Å². The van der Waals surface area contributed by atoms with Gasteiger partial charge in [0, 0.05) is 12.5 Å². The van der Waals surface area contributed by atoms with E-state index in [-0.39, 0.29) is 23.0 Å². The van der Waals surface area contributed by atoms with Crippen LogP contribution in [0.3, 0.4) is 0 Å². The molecular formula is C17H33NO4Si. The molecule has 0 aromatic carbocycles. The molecule has 1 fully saturated rings. The Morgan fingerprint density at radius 1 is 1.22 bits per heavy atom. The first-order chi connectivity index (χ1) is 10.3. The van der Waals surface area contributed by atoms with Gasteiger partial charge in [-0.2, -0.15) is 0 Å². The van der Waals surface area contributed by atoms with Gasteiger partial charge < -0.3 is 14.0 Å². The van der Waals surface area contributed by atoms with Crippen molar-refractivity contribution in [3.63, 3.8) is 0 Å². The number of esters is 1. The zero-order valence-electron chi connectivity index (χ0n) is 15.9. The van der Waals surface area contributed by atoms with Crippen molar-refractivity contribution in [2.24, 2.45) is 5.92 Å². The summed E-state index contributed by atoms with van der Waals surface area (Å²) in [4.78, 5) is 23.5. The Balaban J connectivity index is 2.67. The van der Waals surface area contributed by atoms with Crippen molar-refractivity contribution >= 4 is 20.6 Å². The largest absolute Gasteiger partial charge is 0.459 e. The Bertz CT molecular complexity index is 437. The Morgan fingerprint density at radius 2 is 1.78 bits per heavy atom. The zero-order chi connectivity index (χ0) is 18.1. The molecule has 6 heteroatoms. The van der Waals surface area contributed by atoms with Crippen LogP contribution in [0, 0.1) is 5.92 Å². The first-order valence-corrected chi connectivity index (χ1v) is 11.3. The van der Waals surface area contributed by atoms with Crippen molar-refractivity contribution < 1.29 is 18.8 Å². The van der Waals surface area contributed by atoms with E-state index in [1.165, 1.54) is 0 Å². The van der Waals surface area contributed by atoms with Gasteiger partial charge in [0.2, 0.25) is 0 Å². The summed E-state index contributed by atoms with van der Waals surface area (Å²) in [5, 5.41) is 3.21. The van der Waals surface area contributed by atoms with E-state index in [1.807, 2.05) is 20.8 Å². The number of hydrogen-bond acceptors (Lipinski definition) is 5. The zero-order valence-corrected chi connectivity index (χ0v) is 16.9. The molecule has 1 rings (SSSR count). The lowest BCUT2D eigenvalue weighted by molar-refractivity contribution is -0.157. The van der Waals surface area contributed by atoms with E-state index in [0.29, 0.717) is 13.0 Å². The van der Waals surface area contributed by atoms with E-state index >= 15 is 0 Å². The van der Waals surface area contributed by atoms with Crippen molar-refractivity contribution in [1.82, 2.24) is 5.32 Å². The molecule has 0 aliphatic carbocycles. The summed E-state index contributed by atoms with van der Waals surface area (Å²) in [5.74, 6) is -0.279. The number of carbonyl (C=O) groups excluding carboxylic acids is 2. The topological polar surface area (TPSA) is 64.6 Å². The number of hydrogen-bond donors (Lipinski definition) is 1. The molecule has 0 unspecified atom stereocenters. The highest BCUT2D eigenvalue weighted by Crippen LogP contribution is 2.37. The molecule has 0 aromatic heterocycles. The summed E-state index contributed by atoms with van der Waals surface area (Å²) in [7, 11) is -1.86. The van der Waals surface area contributed by atoms with Crippen LogP contribution in [0.4, 0.5) is 0 Å². The quantitative estimate of drug-likeness (QED) is 0.472. The minimum absolute atomic E-state index is 0.0131. The highest BCUT2D eigenvalue weighted by Gasteiger charge is 2.42. The second-order valence-corrected chi connectivity index (χ2v) is 13.8. The molecule has 0 aromatic rings. The van der Waals surface area contributed by atoms with Gasteiger partial charge in [-0.3, -0.25) is 10.1 Å². The number of ether oxygens (including phenoxy) is 1. The molecular weight excluding hydrogens is 310 g/mol. The van der Waals surface area contributed by atoms with Crippen LogP contribution >= 0.6 is 0 Å². The van der Waals surface area contributed by atoms with Gasteiger partial charge in [0.1, 0.15) is 17.9 Å². The predicted molar refractivity (Wildman–Crippen MR) is 93.9 cm³/mol. The summed E-state index contributed by atoms with van der Waals surface area (Å²) in [6.45, 7) is 17.0. The van der Waals surface area contributed by atoms with Crippen molar-refractivity contribution in [3.8, 4) is 0 Å². The first-order valence-electron chi connectivity index (χ1n) is 8.35. The Morgan fingerprint density at radius 3 is 2.22 bits per heavy atom. The smallest absolute Gasteiger partial charge is 0.323 e. The van der Waals surface area contributed by atoms with Crippen molar-refractivity contribution in [1.29, 1.82) is 0 Å². The van der Waals surface area contributed by atoms with Crippen LogP contribution in [0.2, 0.25) is 18.1 Å². The van der Waals surface area contributed by atoms with Gasteiger partial charge in [0.15, 0.2) is 8.32 Å². The van der Waals surface area contributed by atoms with E-state index in [2.05, 4.69) is 39.2 Å². The van der Waals surface area contributed by atoms with Crippen LogP contribution in [0.1, 0.15) is 48.0 Å². The molecule has 1 N–H and O–H groups in total. The lowest BCUT2D eigenvalue weighted by atomic mass is 10.0. The normalized spacial score (nSPS) is 26.2. The van der Waals surface area contributed by atoms with Crippen molar-refractivity contribution in [3.05, 3.63) is 0 Å². The summed E-state index contributed by atoms with van der Waals surface area (Å²) in [6.07, 6.45) is 1.46. The van der Waals surface area contributed by atoms with E-state index in [1.54, 1.807) is 0 Å². The summed E-state index contributed by atoms with van der Waals surface area (Å²) < 4.78 is 11.6. The Hall–Kier alpha value is -0.723. The van der Waals surface area contributed by atoms with Crippen LogP contribution in [0.15, 0.2) is 0 Å². The SMILES string of the molecule is CC(C)(C)OC(=O)[C@@H]1C[C@H](CO[Si](C)(C)C(C)(C)C)[C@H](C=O)N1. The monoisotopic (exact) mass is 343 g/mol. The minimum atomic E-state index is -1.86. The fourth-order valence-corrected chi connectivity index (χ4v) is 3.34. The van der Waals surface area contributed by atoms with Crippen molar-refractivity contribution in [2.45, 2.75) is 83.8 Å². The molecule has 0 bridgehead atoms. The van der Waals surface area contributed by atoms with Crippen LogP contribution in [0.25, 0.3) is 0 Å². The molecule has 0 spiro atoms. The standard InChI is InChI=1S/C17H33NO4Si/c1-16(2,3)22-15(20)13-9-12(14(10-19)18-13)11-21-23(7,8)17(4,5)6/h10,12-14,18H,9,11H2,1-8H3/t12-,13+,14+/m1/s1. The third-order valence-corrected chi connectivity index (χ3v) is 9.24. The second kappa shape index (κ2) is 7.03. The summed E-state index contributed by atoms with van der Waals surface area (Å²) in [5.41, 5.74) is -0.523. The van der Waals surface area contributed by atoms with Gasteiger partial charge in [0.05, 0.1) is 6.04 Å². The molecule has 3 atom stereocenters. The van der Waals surface area contributed by atoms with Gasteiger partial charge in [-0.25, -0.2) is 0 Å². The third-order valence-electron chi connectivity index (χ3n) is 4.74. The number of aldehydes is 1. The number of nitrogens with one attached hydrogen (secondary N) is 1. The second-order valence-electron chi connectivity index (χ2n) is 8.98. The average molecular weight is 344 g/mol. The minimum Gasteiger partial charge on any atom is -0.459 e. The number of carbonyl (C=O) groups is 2. The molecule has 0 radical (unpaired) electrons. The van der Waals surface area contributed by atoms with E-state index in [4.69, 9.17) is 9.16 Å². The highest BCUT2D eigenvalue weighted by atomic mass is 28.4. The van der Waals surface area contributed by atoms with E-state index in [0.717, 1.165) is 6.29 Å². The third kappa shape index (κ3) is 5.69. The molecule has 0 amide bonds. The van der Waals surface area contributed by atoms with Crippen LogP contribution < -0.4 is 5.32 Å². The maximum atomic E-state index is 12.2. The highest BCUT2D eigenvalue weighted by molar-refractivity contribution is 6.74. The van der Waals surface area contributed by atoms with Gasteiger partial charge in [-0.05, 0) is 45.3 Å². The fourth-order valence-electron chi connectivity index (χ4n) is 2.28. The molecule has 134 valence electrons. The average Bonchev–Trinajstić information content (AvgIpc) is 2.76. The molecule has 1 heterocycles. The maximum absolute atomic E-state index is 12.2. The Labute approximate surface area is 141 Å². The van der Waals surface area contributed by atoms with Crippen LogP contribution in [-0.2, 0) is 18.8 Å². The molecule has 5 nitrogen and oxygen atoms in total. The van der Waals surface area contributed by atoms with Crippen LogP contribution in [-0.4, -0.2) is 44.9 Å². The molecule has 1 aliphatic rings. The van der Waals surface area contributed by atoms with Crippen molar-refractivity contribution in [2.75, 3.05) is 6.61 Å². The molecule has 1 aliphatic heterocycles. The molecule has 23 heavy (non-hydrogen) atoms. The lowest BCUT2D eigenvalue weighted by Gasteiger charge is -2.37. The maximum Gasteiger partial charge on any atom is 0.323 e. The van der Waals surface area contributed by atoms with Gasteiger partial charge in [-0.15, -0.1) is 0 Å². The summed E-state index contributed by atoms with van der Waals surface area (Å²) in [6, 6.07) is -0.783. The van der Waals surface area contributed by atoms with E-state index in [9.17, 15) is 9.59 Å². The lowest BCUT2D eigenvalue weighted by Crippen LogP contribution is -2.43.